The number of hydrogen-bond acceptors (Lipinski definition) is 5. The van der Waals surface area contributed by atoms with Gasteiger partial charge >= 0.3 is 0 Å². The highest BCUT2D eigenvalue weighted by Gasteiger charge is 2.31. The minimum atomic E-state index is -3.30. The van der Waals surface area contributed by atoms with Crippen LogP contribution in [0.2, 0.25) is 0 Å². The molecule has 0 fully saturated rings. The number of fused-ring (bicyclic) bond motifs is 1. The van der Waals surface area contributed by atoms with E-state index >= 15 is 0 Å². The molecular formula is C20H29N5O3S. The second-order valence-electron chi connectivity index (χ2n) is 7.81. The Morgan fingerprint density at radius 3 is 2.66 bits per heavy atom. The van der Waals surface area contributed by atoms with Gasteiger partial charge in [-0.1, -0.05) is 24.3 Å². The second kappa shape index (κ2) is 8.23. The molecule has 2 heterocycles. The zero-order chi connectivity index (χ0) is 21.3. The smallest absolute Gasteiger partial charge is 0.273 e. The molecule has 0 spiro atoms. The van der Waals surface area contributed by atoms with E-state index in [0.29, 0.717) is 30.9 Å². The first-order valence-electron chi connectivity index (χ1n) is 10.00. The Balaban J connectivity index is 1.93. The first-order valence-corrected chi connectivity index (χ1v) is 11.5. The average Bonchev–Trinajstić information content (AvgIpc) is 3.08. The lowest BCUT2D eigenvalue weighted by Gasteiger charge is -2.30. The SMILES string of the molecule is CCC(C)NC(=O)c1nnn(-c2cccc3c2CCN(S(=O)(=O)C(C)C)C3)c1C. The third-order valence-corrected chi connectivity index (χ3v) is 7.71. The summed E-state index contributed by atoms with van der Waals surface area (Å²) in [6.07, 6.45) is 1.42. The van der Waals surface area contributed by atoms with E-state index in [-0.39, 0.29) is 11.9 Å². The fraction of sp³-hybridized carbons (Fsp3) is 0.550. The normalized spacial score (nSPS) is 15.9. The molecule has 1 unspecified atom stereocenters. The van der Waals surface area contributed by atoms with Crippen LogP contribution in [0.1, 0.15) is 61.4 Å². The van der Waals surface area contributed by atoms with Gasteiger partial charge in [-0.05, 0) is 57.7 Å². The molecule has 2 aromatic rings. The summed E-state index contributed by atoms with van der Waals surface area (Å²) in [6, 6.07) is 5.83. The lowest BCUT2D eigenvalue weighted by Crippen LogP contribution is -2.40. The molecule has 0 bridgehead atoms. The molecule has 9 heteroatoms. The van der Waals surface area contributed by atoms with Crippen molar-refractivity contribution < 1.29 is 13.2 Å². The predicted molar refractivity (Wildman–Crippen MR) is 111 cm³/mol. The molecule has 158 valence electrons. The summed E-state index contributed by atoms with van der Waals surface area (Å²) >= 11 is 0. The van der Waals surface area contributed by atoms with Crippen LogP contribution >= 0.6 is 0 Å². The number of nitrogens with one attached hydrogen (secondary N) is 1. The van der Waals surface area contributed by atoms with Crippen molar-refractivity contribution >= 4 is 15.9 Å². The number of nitrogens with zero attached hydrogens (tertiary/aromatic N) is 4. The van der Waals surface area contributed by atoms with Crippen molar-refractivity contribution in [2.75, 3.05) is 6.54 Å². The van der Waals surface area contributed by atoms with Crippen molar-refractivity contribution in [2.24, 2.45) is 0 Å². The van der Waals surface area contributed by atoms with Crippen LogP contribution < -0.4 is 5.32 Å². The molecule has 1 aromatic heterocycles. The first-order chi connectivity index (χ1) is 13.7. The Bertz CT molecular complexity index is 1010. The van der Waals surface area contributed by atoms with E-state index < -0.39 is 15.3 Å². The molecule has 1 amide bonds. The van der Waals surface area contributed by atoms with Crippen LogP contribution in [-0.4, -0.2) is 51.5 Å². The lowest BCUT2D eigenvalue weighted by molar-refractivity contribution is 0.0933. The standard InChI is InChI=1S/C20H29N5O3S/c1-6-14(4)21-20(26)19-15(5)25(23-22-19)18-9-7-8-16-12-24(11-10-17(16)18)29(27,28)13(2)3/h7-9,13-14H,6,10-12H2,1-5H3,(H,21,26). The summed E-state index contributed by atoms with van der Waals surface area (Å²) in [5, 5.41) is 10.8. The summed E-state index contributed by atoms with van der Waals surface area (Å²) in [7, 11) is -3.30. The molecule has 0 radical (unpaired) electrons. The molecule has 0 saturated heterocycles. The minimum Gasteiger partial charge on any atom is -0.348 e. The Labute approximate surface area is 172 Å². The summed E-state index contributed by atoms with van der Waals surface area (Å²) in [6.45, 7) is 9.95. The van der Waals surface area contributed by atoms with Gasteiger partial charge in [0.1, 0.15) is 0 Å². The Kier molecular flexibility index (Phi) is 6.09. The maximum atomic E-state index is 12.5. The molecule has 1 aromatic carbocycles. The van der Waals surface area contributed by atoms with E-state index in [1.165, 1.54) is 0 Å². The Hall–Kier alpha value is -2.26. The average molecular weight is 420 g/mol. The summed E-state index contributed by atoms with van der Waals surface area (Å²) < 4.78 is 28.3. The van der Waals surface area contributed by atoms with Gasteiger partial charge in [0.25, 0.3) is 5.91 Å². The van der Waals surface area contributed by atoms with Crippen molar-refractivity contribution in [2.45, 2.75) is 65.3 Å². The number of rotatable bonds is 6. The van der Waals surface area contributed by atoms with Crippen molar-refractivity contribution in [3.8, 4) is 5.69 Å². The molecule has 0 aliphatic carbocycles. The molecule has 1 atom stereocenters. The molecular weight excluding hydrogens is 390 g/mol. The van der Waals surface area contributed by atoms with E-state index in [0.717, 1.165) is 23.2 Å². The molecule has 1 N–H and O–H groups in total. The van der Waals surface area contributed by atoms with E-state index in [9.17, 15) is 13.2 Å². The Morgan fingerprint density at radius 1 is 1.28 bits per heavy atom. The summed E-state index contributed by atoms with van der Waals surface area (Å²) in [5.41, 5.74) is 3.82. The molecule has 8 nitrogen and oxygen atoms in total. The van der Waals surface area contributed by atoms with Crippen LogP contribution in [0.15, 0.2) is 18.2 Å². The zero-order valence-corrected chi connectivity index (χ0v) is 18.5. The van der Waals surface area contributed by atoms with E-state index in [4.69, 9.17) is 0 Å². The molecule has 1 aliphatic heterocycles. The molecule has 1 aliphatic rings. The summed E-state index contributed by atoms with van der Waals surface area (Å²) in [5.74, 6) is -0.234. The number of sulfonamides is 1. The highest BCUT2D eigenvalue weighted by atomic mass is 32.2. The van der Waals surface area contributed by atoms with Gasteiger partial charge in [0.15, 0.2) is 5.69 Å². The third kappa shape index (κ3) is 4.06. The zero-order valence-electron chi connectivity index (χ0n) is 17.6. The monoisotopic (exact) mass is 419 g/mol. The van der Waals surface area contributed by atoms with Crippen molar-refractivity contribution in [1.29, 1.82) is 0 Å². The lowest BCUT2D eigenvalue weighted by atomic mass is 9.99. The fourth-order valence-electron chi connectivity index (χ4n) is 3.44. The number of carbonyl (C=O) groups is 1. The number of benzene rings is 1. The van der Waals surface area contributed by atoms with Gasteiger partial charge in [0.05, 0.1) is 16.6 Å². The second-order valence-corrected chi connectivity index (χ2v) is 10.3. The number of hydrogen-bond donors (Lipinski definition) is 1. The van der Waals surface area contributed by atoms with Gasteiger partial charge in [0.2, 0.25) is 10.0 Å². The van der Waals surface area contributed by atoms with Crippen LogP contribution in [0.5, 0.6) is 0 Å². The molecule has 3 rings (SSSR count). The van der Waals surface area contributed by atoms with Crippen LogP contribution in [0, 0.1) is 6.92 Å². The highest BCUT2D eigenvalue weighted by molar-refractivity contribution is 7.89. The predicted octanol–water partition coefficient (Wildman–Crippen LogP) is 2.20. The van der Waals surface area contributed by atoms with Gasteiger partial charge in [-0.3, -0.25) is 4.79 Å². The topological polar surface area (TPSA) is 97.2 Å². The van der Waals surface area contributed by atoms with Crippen molar-refractivity contribution in [3.05, 3.63) is 40.7 Å². The van der Waals surface area contributed by atoms with Crippen LogP contribution in [0.3, 0.4) is 0 Å². The highest BCUT2D eigenvalue weighted by Crippen LogP contribution is 2.28. The number of aromatic nitrogens is 3. The van der Waals surface area contributed by atoms with Crippen LogP contribution in [0.4, 0.5) is 0 Å². The number of carbonyl (C=O) groups excluding carboxylic acids is 1. The minimum absolute atomic E-state index is 0.0606. The summed E-state index contributed by atoms with van der Waals surface area (Å²) in [4.78, 5) is 12.5. The van der Waals surface area contributed by atoms with Crippen molar-refractivity contribution in [1.82, 2.24) is 24.6 Å². The van der Waals surface area contributed by atoms with Crippen LogP contribution in [0.25, 0.3) is 5.69 Å². The quantitative estimate of drug-likeness (QED) is 0.774. The van der Waals surface area contributed by atoms with Crippen molar-refractivity contribution in [3.63, 3.8) is 0 Å². The third-order valence-electron chi connectivity index (χ3n) is 5.49. The van der Waals surface area contributed by atoms with Gasteiger partial charge in [0, 0.05) is 19.1 Å². The largest absolute Gasteiger partial charge is 0.348 e. The van der Waals surface area contributed by atoms with Gasteiger partial charge < -0.3 is 5.32 Å². The maximum Gasteiger partial charge on any atom is 0.273 e. The van der Waals surface area contributed by atoms with E-state index in [2.05, 4.69) is 15.6 Å². The van der Waals surface area contributed by atoms with Gasteiger partial charge in [-0.2, -0.15) is 4.31 Å². The molecule has 0 saturated carbocycles. The Morgan fingerprint density at radius 2 is 2.00 bits per heavy atom. The van der Waals surface area contributed by atoms with Gasteiger partial charge in [-0.25, -0.2) is 13.1 Å². The maximum absolute atomic E-state index is 12.5. The van der Waals surface area contributed by atoms with Crippen LogP contribution in [-0.2, 0) is 23.0 Å². The first kappa shape index (κ1) is 21.4. The van der Waals surface area contributed by atoms with E-state index in [1.54, 1.807) is 22.8 Å². The van der Waals surface area contributed by atoms with Gasteiger partial charge in [-0.15, -0.1) is 5.10 Å². The molecule has 29 heavy (non-hydrogen) atoms. The van der Waals surface area contributed by atoms with E-state index in [1.807, 2.05) is 39.0 Å². The number of amides is 1. The fourth-order valence-corrected chi connectivity index (χ4v) is 4.70.